The first-order chi connectivity index (χ1) is 17.8. The van der Waals surface area contributed by atoms with E-state index >= 15 is 0 Å². The lowest BCUT2D eigenvalue weighted by atomic mass is 10.1. The summed E-state index contributed by atoms with van der Waals surface area (Å²) in [4.78, 5) is 32.5. The maximum absolute atomic E-state index is 13.2. The fourth-order valence-electron chi connectivity index (χ4n) is 3.78. The molecule has 0 fully saturated rings. The second kappa shape index (κ2) is 11.5. The van der Waals surface area contributed by atoms with Gasteiger partial charge in [0, 0.05) is 28.9 Å². The van der Waals surface area contributed by atoms with Crippen molar-refractivity contribution in [3.05, 3.63) is 94.6 Å². The van der Waals surface area contributed by atoms with E-state index in [1.54, 1.807) is 48.1 Å². The van der Waals surface area contributed by atoms with Gasteiger partial charge in [0.1, 0.15) is 12.3 Å². The molecule has 9 heteroatoms. The predicted octanol–water partition coefficient (Wildman–Crippen LogP) is 6.34. The van der Waals surface area contributed by atoms with Crippen LogP contribution in [0.25, 0.3) is 16.9 Å². The Kier molecular flexibility index (Phi) is 8.16. The smallest absolute Gasteiger partial charge is 0.256 e. The Morgan fingerprint density at radius 2 is 1.76 bits per heavy atom. The lowest BCUT2D eigenvalue weighted by molar-refractivity contribution is -0.117. The van der Waals surface area contributed by atoms with Gasteiger partial charge in [-0.15, -0.1) is 0 Å². The number of hydrogen-bond donors (Lipinski definition) is 1. The summed E-state index contributed by atoms with van der Waals surface area (Å²) < 4.78 is 7.13. The van der Waals surface area contributed by atoms with Gasteiger partial charge in [-0.2, -0.15) is 0 Å². The van der Waals surface area contributed by atoms with Crippen molar-refractivity contribution in [3.63, 3.8) is 0 Å². The quantitative estimate of drug-likeness (QED) is 0.285. The van der Waals surface area contributed by atoms with Crippen LogP contribution in [0.3, 0.4) is 0 Å². The molecule has 0 unspecified atom stereocenters. The minimum Gasteiger partial charge on any atom is -0.497 e. The van der Waals surface area contributed by atoms with Crippen LogP contribution in [0.1, 0.15) is 24.2 Å². The zero-order valence-electron chi connectivity index (χ0n) is 20.6. The third-order valence-electron chi connectivity index (χ3n) is 5.73. The van der Waals surface area contributed by atoms with E-state index in [-0.39, 0.29) is 18.5 Å². The number of anilines is 1. The van der Waals surface area contributed by atoms with E-state index in [1.165, 1.54) is 4.90 Å². The number of aromatic nitrogens is 2. The topological polar surface area (TPSA) is 76.5 Å². The van der Waals surface area contributed by atoms with Gasteiger partial charge >= 0.3 is 0 Å². The van der Waals surface area contributed by atoms with Crippen molar-refractivity contribution in [1.82, 2.24) is 14.5 Å². The molecular formula is C28H26Cl2N4O3. The number of imidazole rings is 1. The summed E-state index contributed by atoms with van der Waals surface area (Å²) in [7, 11) is 1.59. The molecule has 0 bridgehead atoms. The number of rotatable bonds is 8. The Morgan fingerprint density at radius 1 is 1.03 bits per heavy atom. The molecule has 1 aromatic heterocycles. The van der Waals surface area contributed by atoms with Gasteiger partial charge in [-0.25, -0.2) is 4.98 Å². The van der Waals surface area contributed by atoms with Crippen molar-refractivity contribution in [2.24, 2.45) is 0 Å². The average molecular weight is 537 g/mol. The van der Waals surface area contributed by atoms with Crippen molar-refractivity contribution < 1.29 is 14.3 Å². The van der Waals surface area contributed by atoms with Crippen LogP contribution in [0.5, 0.6) is 5.75 Å². The minimum atomic E-state index is -0.397. The Labute approximate surface area is 225 Å². The van der Waals surface area contributed by atoms with Crippen LogP contribution in [-0.2, 0) is 4.79 Å². The van der Waals surface area contributed by atoms with E-state index in [1.807, 2.05) is 56.4 Å². The van der Waals surface area contributed by atoms with E-state index in [2.05, 4.69) is 10.3 Å². The highest BCUT2D eigenvalue weighted by molar-refractivity contribution is 6.33. The third-order valence-corrected chi connectivity index (χ3v) is 6.31. The van der Waals surface area contributed by atoms with Crippen molar-refractivity contribution in [2.75, 3.05) is 19.0 Å². The van der Waals surface area contributed by atoms with E-state index in [0.717, 1.165) is 11.3 Å². The normalized spacial score (nSPS) is 10.9. The number of nitrogens with zero attached hydrogens (tertiary/aromatic N) is 3. The molecule has 7 nitrogen and oxygen atoms in total. The molecule has 0 aliphatic heterocycles. The van der Waals surface area contributed by atoms with Crippen molar-refractivity contribution in [3.8, 4) is 22.7 Å². The van der Waals surface area contributed by atoms with Gasteiger partial charge in [-0.1, -0.05) is 53.5 Å². The van der Waals surface area contributed by atoms with Crippen molar-refractivity contribution in [1.29, 1.82) is 0 Å². The lowest BCUT2D eigenvalue weighted by Crippen LogP contribution is -2.42. The fourth-order valence-corrected chi connectivity index (χ4v) is 4.13. The molecular weight excluding hydrogens is 511 g/mol. The van der Waals surface area contributed by atoms with E-state index in [4.69, 9.17) is 27.9 Å². The predicted molar refractivity (Wildman–Crippen MR) is 147 cm³/mol. The summed E-state index contributed by atoms with van der Waals surface area (Å²) in [5, 5.41) is 3.82. The summed E-state index contributed by atoms with van der Waals surface area (Å²) in [5.74, 6) is 0.241. The highest BCUT2D eigenvalue weighted by Crippen LogP contribution is 2.27. The number of benzene rings is 3. The van der Waals surface area contributed by atoms with E-state index in [9.17, 15) is 9.59 Å². The van der Waals surface area contributed by atoms with Crippen LogP contribution < -0.4 is 10.1 Å². The molecule has 0 saturated heterocycles. The van der Waals surface area contributed by atoms with Gasteiger partial charge in [0.15, 0.2) is 0 Å². The molecule has 0 saturated carbocycles. The highest BCUT2D eigenvalue weighted by Gasteiger charge is 2.24. The highest BCUT2D eigenvalue weighted by atomic mass is 35.5. The summed E-state index contributed by atoms with van der Waals surface area (Å²) in [6.45, 7) is 3.51. The van der Waals surface area contributed by atoms with Crippen LogP contribution in [-0.4, -0.2) is 46.0 Å². The molecule has 37 heavy (non-hydrogen) atoms. The zero-order valence-corrected chi connectivity index (χ0v) is 22.1. The zero-order chi connectivity index (χ0) is 26.5. The fraction of sp³-hybridized carbons (Fsp3) is 0.179. The van der Waals surface area contributed by atoms with Gasteiger partial charge in [0.25, 0.3) is 5.91 Å². The lowest BCUT2D eigenvalue weighted by Gasteiger charge is -2.26. The number of methoxy groups -OCH3 is 1. The molecule has 0 radical (unpaired) electrons. The van der Waals surface area contributed by atoms with Crippen LogP contribution in [0.4, 0.5) is 5.95 Å². The maximum Gasteiger partial charge on any atom is 0.256 e. The molecule has 3 aromatic carbocycles. The van der Waals surface area contributed by atoms with Crippen LogP contribution in [0.15, 0.2) is 79.0 Å². The number of carbonyl (C=O) groups excluding carboxylic acids is 2. The van der Waals surface area contributed by atoms with Gasteiger partial charge in [0.05, 0.1) is 29.1 Å². The molecule has 4 aromatic rings. The second-order valence-corrected chi connectivity index (χ2v) is 9.43. The Balaban J connectivity index is 1.65. The molecule has 0 aliphatic carbocycles. The summed E-state index contributed by atoms with van der Waals surface area (Å²) in [5.41, 5.74) is 2.56. The summed E-state index contributed by atoms with van der Waals surface area (Å²) in [6.07, 6.45) is 1.82. The molecule has 190 valence electrons. The number of halogens is 2. The van der Waals surface area contributed by atoms with Crippen LogP contribution in [0, 0.1) is 0 Å². The Morgan fingerprint density at radius 3 is 2.43 bits per heavy atom. The molecule has 0 atom stereocenters. The molecule has 1 heterocycles. The average Bonchev–Trinajstić information content (AvgIpc) is 3.31. The second-order valence-electron chi connectivity index (χ2n) is 8.58. The Bertz CT molecular complexity index is 1420. The molecule has 2 amide bonds. The first-order valence-corrected chi connectivity index (χ1v) is 12.4. The van der Waals surface area contributed by atoms with E-state index < -0.39 is 5.91 Å². The van der Waals surface area contributed by atoms with Gasteiger partial charge in [-0.3, -0.25) is 19.5 Å². The first-order valence-electron chi connectivity index (χ1n) is 11.6. The third kappa shape index (κ3) is 6.13. The number of hydrogen-bond acceptors (Lipinski definition) is 4. The molecule has 0 aliphatic rings. The number of nitrogens with one attached hydrogen (secondary N) is 1. The standard InChI is InChI=1S/C28H26Cl2N4O3/c1-18(2)33(27(36)23-9-4-5-10-24(23)30)17-26(35)32-28-31-25(19-11-13-20(29)14-12-19)16-34(28)21-7-6-8-22(15-21)37-3/h4-16,18H,17H2,1-3H3,(H,31,32,35). The minimum absolute atomic E-state index is 0.178. The summed E-state index contributed by atoms with van der Waals surface area (Å²) >= 11 is 12.3. The largest absolute Gasteiger partial charge is 0.497 e. The van der Waals surface area contributed by atoms with Gasteiger partial charge in [-0.05, 0) is 50.2 Å². The van der Waals surface area contributed by atoms with Crippen molar-refractivity contribution >= 4 is 41.0 Å². The molecule has 0 spiro atoms. The Hall–Kier alpha value is -3.81. The molecule has 4 rings (SSSR count). The number of amides is 2. The number of ether oxygens (including phenoxy) is 1. The molecule has 1 N–H and O–H groups in total. The van der Waals surface area contributed by atoms with Crippen molar-refractivity contribution in [2.45, 2.75) is 19.9 Å². The SMILES string of the molecule is COc1cccc(-n2cc(-c3ccc(Cl)cc3)nc2NC(=O)CN(C(=O)c2ccccc2Cl)C(C)C)c1. The van der Waals surface area contributed by atoms with Crippen LogP contribution in [0.2, 0.25) is 10.0 Å². The van der Waals surface area contributed by atoms with E-state index in [0.29, 0.717) is 33.0 Å². The monoisotopic (exact) mass is 536 g/mol. The van der Waals surface area contributed by atoms with Gasteiger partial charge in [0.2, 0.25) is 11.9 Å². The summed E-state index contributed by atoms with van der Waals surface area (Å²) in [6, 6.07) is 21.2. The first kappa shape index (κ1) is 26.3. The van der Waals surface area contributed by atoms with Gasteiger partial charge < -0.3 is 9.64 Å². The maximum atomic E-state index is 13.2. The number of carbonyl (C=O) groups is 2. The van der Waals surface area contributed by atoms with Crippen LogP contribution >= 0.6 is 23.2 Å².